The number of phenols is 1. The topological polar surface area (TPSA) is 78.0 Å². The Labute approximate surface area is 226 Å². The second-order valence-electron chi connectivity index (χ2n) is 9.81. The molecule has 1 atom stereocenters. The molecule has 1 aromatic heterocycles. The van der Waals surface area contributed by atoms with E-state index in [4.69, 9.17) is 15.1 Å². The Hall–Kier alpha value is -5.17. The summed E-state index contributed by atoms with van der Waals surface area (Å²) in [6, 6.07) is 33.5. The minimum Gasteiger partial charge on any atom is -0.508 e. The molecule has 2 N–H and O–H groups in total. The normalized spacial score (nSPS) is 15.5. The Bertz CT molecular complexity index is 1770. The van der Waals surface area contributed by atoms with E-state index >= 15 is 0 Å². The first-order valence-electron chi connectivity index (χ1n) is 12.9. The fraction of sp³-hybridized carbons (Fsp3) is 0.0938. The number of hydrogen-bond donors (Lipinski definition) is 2. The molecular formula is C32H26N6O. The Morgan fingerprint density at radius 2 is 1.56 bits per heavy atom. The minimum atomic E-state index is -0.288. The van der Waals surface area contributed by atoms with Crippen molar-refractivity contribution in [3.63, 3.8) is 0 Å². The molecule has 0 radical (unpaired) electrons. The van der Waals surface area contributed by atoms with E-state index in [9.17, 15) is 5.11 Å². The number of fused-ring (bicyclic) bond motifs is 4. The number of aliphatic imine (C=N–C) groups is 2. The lowest BCUT2D eigenvalue weighted by Crippen LogP contribution is -2.46. The van der Waals surface area contributed by atoms with Crippen molar-refractivity contribution in [2.45, 2.75) is 19.9 Å². The molecule has 5 aromatic rings. The van der Waals surface area contributed by atoms with E-state index in [2.05, 4.69) is 35.3 Å². The number of aromatic nitrogens is 2. The van der Waals surface area contributed by atoms with Crippen molar-refractivity contribution in [2.24, 2.45) is 9.98 Å². The average molecular weight is 511 g/mol. The molecule has 1 unspecified atom stereocenters. The lowest BCUT2D eigenvalue weighted by Gasteiger charge is -2.40. The van der Waals surface area contributed by atoms with Crippen molar-refractivity contribution in [3.8, 4) is 11.4 Å². The first kappa shape index (κ1) is 23.0. The van der Waals surface area contributed by atoms with E-state index in [0.29, 0.717) is 11.7 Å². The van der Waals surface area contributed by atoms with E-state index in [-0.39, 0.29) is 11.8 Å². The first-order valence-corrected chi connectivity index (χ1v) is 12.9. The Morgan fingerprint density at radius 3 is 2.36 bits per heavy atom. The minimum absolute atomic E-state index is 0.211. The molecule has 7 rings (SSSR count). The molecule has 4 aromatic carbocycles. The number of para-hydroxylation sites is 3. The predicted octanol–water partition coefficient (Wildman–Crippen LogP) is 6.99. The van der Waals surface area contributed by atoms with Gasteiger partial charge < -0.3 is 15.3 Å². The molecule has 0 aliphatic carbocycles. The molecule has 0 bridgehead atoms. The molecule has 3 heterocycles. The van der Waals surface area contributed by atoms with Gasteiger partial charge in [0.2, 0.25) is 0 Å². The average Bonchev–Trinajstić information content (AvgIpc) is 3.29. The van der Waals surface area contributed by atoms with E-state index < -0.39 is 0 Å². The number of amidine groups is 2. The summed E-state index contributed by atoms with van der Waals surface area (Å²) in [6.07, 6.45) is 0. The maximum atomic E-state index is 10.5. The van der Waals surface area contributed by atoms with Crippen molar-refractivity contribution in [2.75, 3.05) is 10.2 Å². The SMILES string of the molecule is Cc1ccc(NC2=Nc3ccccc3N3C2=Nc2c(c(C)nn2-c2ccccc2)C3c2cccc(O)c2)cc1. The van der Waals surface area contributed by atoms with Gasteiger partial charge in [-0.25, -0.2) is 14.7 Å². The number of aryl methyl sites for hydroxylation is 2. The number of hydrogen-bond acceptors (Lipinski definition) is 6. The molecule has 0 saturated carbocycles. The summed E-state index contributed by atoms with van der Waals surface area (Å²) < 4.78 is 1.90. The molecule has 0 spiro atoms. The van der Waals surface area contributed by atoms with E-state index in [1.165, 1.54) is 5.56 Å². The predicted molar refractivity (Wildman–Crippen MR) is 156 cm³/mol. The van der Waals surface area contributed by atoms with Crippen LogP contribution in [0.15, 0.2) is 113 Å². The molecule has 2 aliphatic heterocycles. The highest BCUT2D eigenvalue weighted by atomic mass is 16.3. The number of nitrogens with one attached hydrogen (secondary N) is 1. The lowest BCUT2D eigenvalue weighted by atomic mass is 9.93. The number of rotatable bonds is 3. The zero-order valence-corrected chi connectivity index (χ0v) is 21.6. The molecule has 190 valence electrons. The van der Waals surface area contributed by atoms with Crippen LogP contribution in [0.5, 0.6) is 5.75 Å². The summed E-state index contributed by atoms with van der Waals surface area (Å²) in [4.78, 5) is 12.5. The van der Waals surface area contributed by atoms with Gasteiger partial charge in [-0.2, -0.15) is 5.10 Å². The van der Waals surface area contributed by atoms with Crippen LogP contribution in [-0.4, -0.2) is 26.6 Å². The van der Waals surface area contributed by atoms with Crippen LogP contribution < -0.4 is 10.2 Å². The zero-order valence-electron chi connectivity index (χ0n) is 21.6. The highest BCUT2D eigenvalue weighted by Crippen LogP contribution is 2.48. The van der Waals surface area contributed by atoms with Gasteiger partial charge in [-0.1, -0.05) is 60.2 Å². The second-order valence-corrected chi connectivity index (χ2v) is 9.81. The lowest BCUT2D eigenvalue weighted by molar-refractivity contribution is 0.474. The summed E-state index contributed by atoms with van der Waals surface area (Å²) >= 11 is 0. The van der Waals surface area contributed by atoms with Crippen LogP contribution in [0.3, 0.4) is 0 Å². The smallest absolute Gasteiger partial charge is 0.179 e. The van der Waals surface area contributed by atoms with E-state index in [1.54, 1.807) is 6.07 Å². The monoisotopic (exact) mass is 510 g/mol. The summed E-state index contributed by atoms with van der Waals surface area (Å²) in [7, 11) is 0. The maximum Gasteiger partial charge on any atom is 0.179 e. The fourth-order valence-corrected chi connectivity index (χ4v) is 5.33. The van der Waals surface area contributed by atoms with E-state index in [1.807, 2.05) is 90.5 Å². The Balaban J connectivity index is 1.50. The molecule has 7 heteroatoms. The number of nitrogens with zero attached hydrogens (tertiary/aromatic N) is 5. The number of aromatic hydroxyl groups is 1. The van der Waals surface area contributed by atoms with Gasteiger partial charge in [-0.05, 0) is 67.9 Å². The Morgan fingerprint density at radius 1 is 0.795 bits per heavy atom. The van der Waals surface area contributed by atoms with Crippen molar-refractivity contribution >= 4 is 34.6 Å². The van der Waals surface area contributed by atoms with Crippen molar-refractivity contribution in [1.82, 2.24) is 9.78 Å². The van der Waals surface area contributed by atoms with Gasteiger partial charge in [0.15, 0.2) is 17.5 Å². The summed E-state index contributed by atoms with van der Waals surface area (Å²) in [5.74, 6) is 2.29. The fourth-order valence-electron chi connectivity index (χ4n) is 5.33. The van der Waals surface area contributed by atoms with Gasteiger partial charge in [0, 0.05) is 11.3 Å². The number of phenolic OH excluding ortho intramolecular Hbond substituents is 1. The molecule has 0 fully saturated rings. The van der Waals surface area contributed by atoms with Crippen LogP contribution in [0.2, 0.25) is 0 Å². The molecule has 0 amide bonds. The third-order valence-corrected chi connectivity index (χ3v) is 7.14. The van der Waals surface area contributed by atoms with Crippen molar-refractivity contribution in [1.29, 1.82) is 0 Å². The quantitative estimate of drug-likeness (QED) is 0.274. The van der Waals surface area contributed by atoms with E-state index in [0.717, 1.165) is 45.4 Å². The molecular weight excluding hydrogens is 484 g/mol. The van der Waals surface area contributed by atoms with Crippen LogP contribution in [0.25, 0.3) is 5.69 Å². The van der Waals surface area contributed by atoms with Crippen LogP contribution in [0, 0.1) is 13.8 Å². The van der Waals surface area contributed by atoms with Gasteiger partial charge in [-0.3, -0.25) is 0 Å². The van der Waals surface area contributed by atoms with Crippen molar-refractivity contribution < 1.29 is 5.11 Å². The number of benzene rings is 4. The standard InChI is InChI=1S/C32H26N6O/c1-20-15-17-23(18-16-20)33-30-32-35-31-28(21(2)36-38(31)24-10-4-3-5-11-24)29(22-9-8-12-25(39)19-22)37(32)27-14-7-6-13-26(27)34-30/h3-19,29,39H,1-2H3,(H,33,34). The molecule has 0 saturated heterocycles. The van der Waals surface area contributed by atoms with Gasteiger partial charge >= 0.3 is 0 Å². The molecule has 7 nitrogen and oxygen atoms in total. The second kappa shape index (κ2) is 8.99. The van der Waals surface area contributed by atoms with Crippen LogP contribution in [0.4, 0.5) is 22.9 Å². The van der Waals surface area contributed by atoms with Gasteiger partial charge in [0.05, 0.1) is 28.8 Å². The summed E-state index contributed by atoms with van der Waals surface area (Å²) in [6.45, 7) is 4.09. The zero-order chi connectivity index (χ0) is 26.5. The third kappa shape index (κ3) is 3.87. The van der Waals surface area contributed by atoms with Gasteiger partial charge in [-0.15, -0.1) is 0 Å². The highest BCUT2D eigenvalue weighted by molar-refractivity contribution is 6.51. The number of anilines is 2. The van der Waals surface area contributed by atoms with Crippen molar-refractivity contribution in [3.05, 3.63) is 126 Å². The van der Waals surface area contributed by atoms with Crippen LogP contribution in [0.1, 0.15) is 28.4 Å². The van der Waals surface area contributed by atoms with Crippen LogP contribution in [-0.2, 0) is 0 Å². The third-order valence-electron chi connectivity index (χ3n) is 7.14. The Kier molecular flexibility index (Phi) is 5.30. The molecule has 2 aliphatic rings. The summed E-state index contributed by atoms with van der Waals surface area (Å²) in [5.41, 5.74) is 7.61. The van der Waals surface area contributed by atoms with Crippen LogP contribution >= 0.6 is 0 Å². The molecule has 39 heavy (non-hydrogen) atoms. The highest BCUT2D eigenvalue weighted by Gasteiger charge is 2.41. The van der Waals surface area contributed by atoms with Gasteiger partial charge in [0.1, 0.15) is 5.75 Å². The largest absolute Gasteiger partial charge is 0.508 e. The summed E-state index contributed by atoms with van der Waals surface area (Å²) in [5, 5.41) is 19.0. The maximum absolute atomic E-state index is 10.5. The first-order chi connectivity index (χ1) is 19.1. The van der Waals surface area contributed by atoms with Gasteiger partial charge in [0.25, 0.3) is 0 Å².